The number of methoxy groups -OCH3 is 1. The van der Waals surface area contributed by atoms with Gasteiger partial charge in [-0.3, -0.25) is 14.4 Å². The number of aromatic nitrogens is 2. The van der Waals surface area contributed by atoms with Crippen LogP contribution < -0.4 is 5.56 Å². The molecular weight excluding hydrogens is 250 g/mol. The number of ether oxygens (including phenoxy) is 1. The third-order valence-electron chi connectivity index (χ3n) is 3.13. The molecule has 7 nitrogen and oxygen atoms in total. The van der Waals surface area contributed by atoms with Crippen molar-refractivity contribution in [3.63, 3.8) is 0 Å². The van der Waals surface area contributed by atoms with Gasteiger partial charge in [-0.1, -0.05) is 0 Å². The summed E-state index contributed by atoms with van der Waals surface area (Å²) in [7, 11) is 1.34. The number of amides is 1. The molecule has 102 valence electrons. The van der Waals surface area contributed by atoms with Crippen molar-refractivity contribution in [3.05, 3.63) is 28.4 Å². The van der Waals surface area contributed by atoms with Gasteiger partial charge in [0.1, 0.15) is 5.69 Å². The third-order valence-corrected chi connectivity index (χ3v) is 3.13. The van der Waals surface area contributed by atoms with E-state index >= 15 is 0 Å². The molecule has 1 amide bonds. The van der Waals surface area contributed by atoms with Crippen LogP contribution in [0.5, 0.6) is 0 Å². The molecule has 1 aliphatic rings. The van der Waals surface area contributed by atoms with Crippen molar-refractivity contribution in [1.82, 2.24) is 14.9 Å². The van der Waals surface area contributed by atoms with E-state index in [4.69, 9.17) is 4.74 Å². The lowest BCUT2D eigenvalue weighted by atomic mass is 9.98. The molecule has 0 unspecified atom stereocenters. The van der Waals surface area contributed by atoms with E-state index in [1.807, 2.05) is 0 Å². The van der Waals surface area contributed by atoms with Crippen molar-refractivity contribution in [2.24, 2.45) is 5.92 Å². The third kappa shape index (κ3) is 2.98. The van der Waals surface area contributed by atoms with Gasteiger partial charge in [-0.2, -0.15) is 0 Å². The van der Waals surface area contributed by atoms with Gasteiger partial charge in [0.2, 0.25) is 0 Å². The second-order valence-corrected chi connectivity index (χ2v) is 4.41. The number of likely N-dealkylation sites (tertiary alicyclic amines) is 1. The summed E-state index contributed by atoms with van der Waals surface area (Å²) in [6, 6.07) is 0. The highest BCUT2D eigenvalue weighted by atomic mass is 16.5. The summed E-state index contributed by atoms with van der Waals surface area (Å²) in [5, 5.41) is 0. The van der Waals surface area contributed by atoms with Crippen LogP contribution in [0.15, 0.2) is 17.2 Å². The van der Waals surface area contributed by atoms with E-state index in [2.05, 4.69) is 9.97 Å². The number of hydrogen-bond donors (Lipinski definition) is 1. The van der Waals surface area contributed by atoms with Gasteiger partial charge >= 0.3 is 5.97 Å². The van der Waals surface area contributed by atoms with E-state index in [0.29, 0.717) is 13.1 Å². The van der Waals surface area contributed by atoms with E-state index < -0.39 is 0 Å². The van der Waals surface area contributed by atoms with Crippen molar-refractivity contribution in [1.29, 1.82) is 0 Å². The summed E-state index contributed by atoms with van der Waals surface area (Å²) in [5.41, 5.74) is -0.187. The summed E-state index contributed by atoms with van der Waals surface area (Å²) >= 11 is 0. The first-order valence-corrected chi connectivity index (χ1v) is 6.03. The SMILES string of the molecule is COC(=O)[C@H]1CCCN(C(=O)c2c[nH]c(=O)cn2)C1. The maximum atomic E-state index is 12.2. The van der Waals surface area contributed by atoms with Crippen LogP contribution in [0.3, 0.4) is 0 Å². The Morgan fingerprint density at radius 3 is 2.95 bits per heavy atom. The van der Waals surface area contributed by atoms with Crippen LogP contribution in [0.1, 0.15) is 23.3 Å². The number of aromatic amines is 1. The van der Waals surface area contributed by atoms with Gasteiger partial charge in [-0.15, -0.1) is 0 Å². The first-order chi connectivity index (χ1) is 9.11. The molecule has 1 saturated heterocycles. The van der Waals surface area contributed by atoms with E-state index in [-0.39, 0.29) is 29.0 Å². The zero-order chi connectivity index (χ0) is 13.8. The largest absolute Gasteiger partial charge is 0.469 e. The molecule has 2 heterocycles. The lowest BCUT2D eigenvalue weighted by molar-refractivity contribution is -0.146. The van der Waals surface area contributed by atoms with Gasteiger partial charge in [-0.05, 0) is 12.8 Å². The molecule has 19 heavy (non-hydrogen) atoms. The number of esters is 1. The molecule has 0 spiro atoms. The fourth-order valence-electron chi connectivity index (χ4n) is 2.14. The van der Waals surface area contributed by atoms with E-state index in [9.17, 15) is 14.4 Å². The van der Waals surface area contributed by atoms with Crippen molar-refractivity contribution in [2.45, 2.75) is 12.8 Å². The molecule has 0 saturated carbocycles. The molecule has 1 atom stereocenters. The highest BCUT2D eigenvalue weighted by Gasteiger charge is 2.29. The smallest absolute Gasteiger partial charge is 0.310 e. The van der Waals surface area contributed by atoms with E-state index in [0.717, 1.165) is 19.0 Å². The van der Waals surface area contributed by atoms with Crippen LogP contribution in [-0.4, -0.2) is 46.9 Å². The summed E-state index contributed by atoms with van der Waals surface area (Å²) in [6.07, 6.45) is 3.81. The number of carbonyl (C=O) groups is 2. The van der Waals surface area contributed by atoms with Crippen molar-refractivity contribution in [2.75, 3.05) is 20.2 Å². The van der Waals surface area contributed by atoms with E-state index in [1.54, 1.807) is 4.90 Å². The molecular formula is C12H15N3O4. The second kappa shape index (κ2) is 5.64. The standard InChI is InChI=1S/C12H15N3O4/c1-19-12(18)8-3-2-4-15(7-8)11(17)9-5-14-10(16)6-13-9/h5-6,8H,2-4,7H2,1H3,(H,14,16)/t8-/m0/s1. The van der Waals surface area contributed by atoms with Gasteiger partial charge < -0.3 is 14.6 Å². The van der Waals surface area contributed by atoms with Gasteiger partial charge in [-0.25, -0.2) is 4.98 Å². The Kier molecular flexibility index (Phi) is 3.94. The number of rotatable bonds is 2. The predicted molar refractivity (Wildman–Crippen MR) is 65.5 cm³/mol. The Hall–Kier alpha value is -2.18. The monoisotopic (exact) mass is 265 g/mol. The van der Waals surface area contributed by atoms with Gasteiger partial charge in [0.25, 0.3) is 11.5 Å². The average Bonchev–Trinajstić information content (AvgIpc) is 2.46. The van der Waals surface area contributed by atoms with E-state index in [1.165, 1.54) is 13.3 Å². The minimum Gasteiger partial charge on any atom is -0.469 e. The maximum Gasteiger partial charge on any atom is 0.310 e. The molecule has 1 aromatic rings. The number of nitrogens with one attached hydrogen (secondary N) is 1. The quantitative estimate of drug-likeness (QED) is 0.747. The Morgan fingerprint density at radius 2 is 2.32 bits per heavy atom. The first kappa shape index (κ1) is 13.3. The molecule has 0 aliphatic carbocycles. The second-order valence-electron chi connectivity index (χ2n) is 4.41. The molecule has 0 aromatic carbocycles. The van der Waals surface area contributed by atoms with Crippen molar-refractivity contribution in [3.8, 4) is 0 Å². The van der Waals surface area contributed by atoms with Crippen LogP contribution in [0.4, 0.5) is 0 Å². The zero-order valence-corrected chi connectivity index (χ0v) is 10.6. The molecule has 2 rings (SSSR count). The number of piperidine rings is 1. The summed E-state index contributed by atoms with van der Waals surface area (Å²) in [5.74, 6) is -0.873. The first-order valence-electron chi connectivity index (χ1n) is 6.03. The minimum atomic E-state index is -0.359. The van der Waals surface area contributed by atoms with Gasteiger partial charge in [0.15, 0.2) is 0 Å². The number of carbonyl (C=O) groups excluding carboxylic acids is 2. The summed E-state index contributed by atoms with van der Waals surface area (Å²) in [4.78, 5) is 42.3. The molecule has 1 aliphatic heterocycles. The fourth-order valence-corrected chi connectivity index (χ4v) is 2.14. The van der Waals surface area contributed by atoms with Crippen LogP contribution in [-0.2, 0) is 9.53 Å². The van der Waals surface area contributed by atoms with Crippen molar-refractivity contribution >= 4 is 11.9 Å². The highest BCUT2D eigenvalue weighted by molar-refractivity contribution is 5.92. The lowest BCUT2D eigenvalue weighted by Crippen LogP contribution is -2.43. The summed E-state index contributed by atoms with van der Waals surface area (Å²) in [6.45, 7) is 0.902. The van der Waals surface area contributed by atoms with Gasteiger partial charge in [0, 0.05) is 19.3 Å². The summed E-state index contributed by atoms with van der Waals surface area (Å²) < 4.78 is 4.70. The Balaban J connectivity index is 2.08. The maximum absolute atomic E-state index is 12.2. The molecule has 1 N–H and O–H groups in total. The fraction of sp³-hybridized carbons (Fsp3) is 0.500. The number of H-pyrrole nitrogens is 1. The van der Waals surface area contributed by atoms with Crippen LogP contribution in [0, 0.1) is 5.92 Å². The molecule has 0 bridgehead atoms. The Morgan fingerprint density at radius 1 is 1.53 bits per heavy atom. The zero-order valence-electron chi connectivity index (χ0n) is 10.6. The molecule has 1 fully saturated rings. The highest BCUT2D eigenvalue weighted by Crippen LogP contribution is 2.18. The Labute approximate surface area is 109 Å². The average molecular weight is 265 g/mol. The van der Waals surface area contributed by atoms with Crippen LogP contribution >= 0.6 is 0 Å². The molecule has 7 heteroatoms. The van der Waals surface area contributed by atoms with Crippen LogP contribution in [0.2, 0.25) is 0 Å². The lowest BCUT2D eigenvalue weighted by Gasteiger charge is -2.30. The van der Waals surface area contributed by atoms with Gasteiger partial charge in [0.05, 0.1) is 19.2 Å². The number of nitrogens with zero attached hydrogens (tertiary/aromatic N) is 2. The topological polar surface area (TPSA) is 92.4 Å². The van der Waals surface area contributed by atoms with Crippen molar-refractivity contribution < 1.29 is 14.3 Å². The molecule has 0 radical (unpaired) electrons. The minimum absolute atomic E-state index is 0.171. The predicted octanol–water partition coefficient (Wildman–Crippen LogP) is -0.205. The Bertz CT molecular complexity index is 520. The van der Waals surface area contributed by atoms with Crippen LogP contribution in [0.25, 0.3) is 0 Å². The number of hydrogen-bond acceptors (Lipinski definition) is 5. The normalized spacial score (nSPS) is 19.0. The molecule has 1 aromatic heterocycles.